The van der Waals surface area contributed by atoms with Crippen LogP contribution in [0.3, 0.4) is 0 Å². The van der Waals surface area contributed by atoms with Gasteiger partial charge in [0.1, 0.15) is 6.07 Å². The monoisotopic (exact) mass is 261 g/mol. The summed E-state index contributed by atoms with van der Waals surface area (Å²) in [5, 5.41) is 9.78. The summed E-state index contributed by atoms with van der Waals surface area (Å²) in [6, 6.07) is 7.87. The second kappa shape index (κ2) is 6.01. The Morgan fingerprint density at radius 1 is 1.39 bits per heavy atom. The third-order valence-corrected chi connectivity index (χ3v) is 4.69. The Kier molecular flexibility index (Phi) is 4.38. The highest BCUT2D eigenvalue weighted by atomic mass is 32.2. The number of nitriles is 1. The molecule has 0 radical (unpaired) electrons. The predicted molar refractivity (Wildman–Crippen MR) is 78.9 cm³/mol. The van der Waals surface area contributed by atoms with Crippen LogP contribution in [0.5, 0.6) is 0 Å². The summed E-state index contributed by atoms with van der Waals surface area (Å²) in [5.41, 5.74) is 8.31. The zero-order chi connectivity index (χ0) is 13.0. The number of rotatable bonds is 2. The molecule has 0 spiro atoms. The van der Waals surface area contributed by atoms with Crippen LogP contribution in [0, 0.1) is 11.3 Å². The van der Waals surface area contributed by atoms with Crippen molar-refractivity contribution < 1.29 is 0 Å². The summed E-state index contributed by atoms with van der Waals surface area (Å²) in [4.78, 5) is 2.33. The van der Waals surface area contributed by atoms with Crippen molar-refractivity contribution in [1.82, 2.24) is 0 Å². The van der Waals surface area contributed by atoms with Gasteiger partial charge in [-0.1, -0.05) is 6.07 Å². The van der Waals surface area contributed by atoms with E-state index in [0.717, 1.165) is 24.0 Å². The van der Waals surface area contributed by atoms with Crippen molar-refractivity contribution in [3.05, 3.63) is 23.8 Å². The normalized spacial score (nSPS) is 20.2. The number of para-hydroxylation sites is 1. The molecule has 1 aliphatic rings. The molecule has 1 atom stereocenters. The zero-order valence-electron chi connectivity index (χ0n) is 10.7. The Morgan fingerprint density at radius 2 is 2.22 bits per heavy atom. The third-order valence-electron chi connectivity index (χ3n) is 3.55. The molecule has 1 aliphatic heterocycles. The lowest BCUT2D eigenvalue weighted by molar-refractivity contribution is 0.745. The van der Waals surface area contributed by atoms with Gasteiger partial charge in [-0.3, -0.25) is 0 Å². The number of anilines is 2. The number of thioether (sulfide) groups is 1. The molecular weight excluding hydrogens is 242 g/mol. The first kappa shape index (κ1) is 13.1. The number of nitrogens with zero attached hydrogens (tertiary/aromatic N) is 2. The molecule has 4 heteroatoms. The van der Waals surface area contributed by atoms with Gasteiger partial charge in [0.2, 0.25) is 0 Å². The van der Waals surface area contributed by atoms with E-state index in [4.69, 9.17) is 11.0 Å². The Labute approximate surface area is 113 Å². The first-order chi connectivity index (χ1) is 8.76. The molecule has 1 aromatic carbocycles. The van der Waals surface area contributed by atoms with E-state index < -0.39 is 0 Å². The fourth-order valence-corrected chi connectivity index (χ4v) is 3.21. The number of nitrogens with two attached hydrogens (primary N) is 1. The highest BCUT2D eigenvalue weighted by Gasteiger charge is 2.18. The Hall–Kier alpha value is -1.34. The molecule has 18 heavy (non-hydrogen) atoms. The van der Waals surface area contributed by atoms with E-state index in [-0.39, 0.29) is 0 Å². The molecule has 1 fully saturated rings. The van der Waals surface area contributed by atoms with Gasteiger partial charge in [-0.05, 0) is 37.7 Å². The van der Waals surface area contributed by atoms with Crippen LogP contribution in [-0.4, -0.2) is 24.6 Å². The maximum absolute atomic E-state index is 9.03. The lowest BCUT2D eigenvalue weighted by Gasteiger charge is -2.24. The van der Waals surface area contributed by atoms with E-state index in [0.29, 0.717) is 11.3 Å². The van der Waals surface area contributed by atoms with Gasteiger partial charge in [0.25, 0.3) is 0 Å². The Morgan fingerprint density at radius 3 is 2.94 bits per heavy atom. The summed E-state index contributed by atoms with van der Waals surface area (Å²) < 4.78 is 0. The average Bonchev–Trinajstić information content (AvgIpc) is 2.64. The van der Waals surface area contributed by atoms with Gasteiger partial charge in [0.05, 0.1) is 16.9 Å². The summed E-state index contributed by atoms with van der Waals surface area (Å²) in [6.45, 7) is 2.07. The van der Waals surface area contributed by atoms with Gasteiger partial charge in [-0.2, -0.15) is 17.0 Å². The van der Waals surface area contributed by atoms with Crippen molar-refractivity contribution in [2.24, 2.45) is 0 Å². The number of hydrogen-bond donors (Lipinski definition) is 1. The molecule has 1 unspecified atom stereocenters. The minimum Gasteiger partial charge on any atom is -0.396 e. The molecular formula is C14H19N3S. The SMILES string of the molecule is CSC1CCCN(c2cccc(C#N)c2N)CC1. The average molecular weight is 261 g/mol. The molecule has 1 heterocycles. The zero-order valence-corrected chi connectivity index (χ0v) is 11.5. The van der Waals surface area contributed by atoms with E-state index in [1.54, 1.807) is 6.07 Å². The van der Waals surface area contributed by atoms with Gasteiger partial charge in [-0.15, -0.1) is 0 Å². The van der Waals surface area contributed by atoms with Crippen LogP contribution >= 0.6 is 11.8 Å². The second-order valence-electron chi connectivity index (χ2n) is 4.63. The lowest BCUT2D eigenvalue weighted by Crippen LogP contribution is -2.25. The fourth-order valence-electron chi connectivity index (χ4n) is 2.47. The standard InChI is InChI=1S/C14H19N3S/c1-18-12-5-3-8-17(9-7-12)13-6-2-4-11(10-15)14(13)16/h2,4,6,12H,3,5,7-9,16H2,1H3. The minimum absolute atomic E-state index is 0.582. The molecule has 2 rings (SSSR count). The summed E-state index contributed by atoms with van der Waals surface area (Å²) in [6.07, 6.45) is 5.85. The van der Waals surface area contributed by atoms with Crippen LogP contribution in [-0.2, 0) is 0 Å². The highest BCUT2D eigenvalue weighted by molar-refractivity contribution is 7.99. The molecule has 0 amide bonds. The van der Waals surface area contributed by atoms with E-state index >= 15 is 0 Å². The van der Waals surface area contributed by atoms with Crippen molar-refractivity contribution in [3.8, 4) is 6.07 Å². The van der Waals surface area contributed by atoms with E-state index in [2.05, 4.69) is 17.2 Å². The summed E-state index contributed by atoms with van der Waals surface area (Å²) in [7, 11) is 0. The minimum atomic E-state index is 0.582. The van der Waals surface area contributed by atoms with Crippen LogP contribution < -0.4 is 10.6 Å². The van der Waals surface area contributed by atoms with Crippen molar-refractivity contribution in [3.63, 3.8) is 0 Å². The van der Waals surface area contributed by atoms with Crippen LogP contribution in [0.1, 0.15) is 24.8 Å². The van der Waals surface area contributed by atoms with Crippen molar-refractivity contribution >= 4 is 23.1 Å². The van der Waals surface area contributed by atoms with Crippen LogP contribution in [0.4, 0.5) is 11.4 Å². The van der Waals surface area contributed by atoms with E-state index in [9.17, 15) is 0 Å². The lowest BCUT2D eigenvalue weighted by atomic mass is 10.1. The first-order valence-corrected chi connectivity index (χ1v) is 7.61. The molecule has 96 valence electrons. The number of hydrogen-bond acceptors (Lipinski definition) is 4. The van der Waals surface area contributed by atoms with Crippen LogP contribution in [0.2, 0.25) is 0 Å². The molecule has 3 nitrogen and oxygen atoms in total. The molecule has 0 saturated carbocycles. The molecule has 2 N–H and O–H groups in total. The van der Waals surface area contributed by atoms with Crippen molar-refractivity contribution in [2.75, 3.05) is 30.0 Å². The molecule has 0 aromatic heterocycles. The quantitative estimate of drug-likeness (QED) is 0.832. The predicted octanol–water partition coefficient (Wildman–Crippen LogP) is 2.86. The van der Waals surface area contributed by atoms with Crippen molar-refractivity contribution in [2.45, 2.75) is 24.5 Å². The number of nitrogen functional groups attached to an aromatic ring is 1. The maximum atomic E-state index is 9.03. The van der Waals surface area contributed by atoms with Gasteiger partial charge < -0.3 is 10.6 Å². The molecule has 0 aliphatic carbocycles. The maximum Gasteiger partial charge on any atom is 0.101 e. The van der Waals surface area contributed by atoms with Crippen LogP contribution in [0.15, 0.2) is 18.2 Å². The topological polar surface area (TPSA) is 53.0 Å². The third kappa shape index (κ3) is 2.73. The fraction of sp³-hybridized carbons (Fsp3) is 0.500. The number of benzene rings is 1. The first-order valence-electron chi connectivity index (χ1n) is 6.32. The van der Waals surface area contributed by atoms with Gasteiger partial charge >= 0.3 is 0 Å². The Balaban J connectivity index is 2.19. The smallest absolute Gasteiger partial charge is 0.101 e. The summed E-state index contributed by atoms with van der Waals surface area (Å²) >= 11 is 1.96. The van der Waals surface area contributed by atoms with Gasteiger partial charge in [-0.25, -0.2) is 0 Å². The second-order valence-corrected chi connectivity index (χ2v) is 5.76. The van der Waals surface area contributed by atoms with Gasteiger partial charge in [0.15, 0.2) is 0 Å². The summed E-state index contributed by atoms with van der Waals surface area (Å²) in [5.74, 6) is 0. The van der Waals surface area contributed by atoms with Crippen LogP contribution in [0.25, 0.3) is 0 Å². The van der Waals surface area contributed by atoms with E-state index in [1.165, 1.54) is 19.3 Å². The Bertz CT molecular complexity index is 453. The molecule has 1 saturated heterocycles. The highest BCUT2D eigenvalue weighted by Crippen LogP contribution is 2.30. The molecule has 1 aromatic rings. The molecule has 0 bridgehead atoms. The van der Waals surface area contributed by atoms with E-state index in [1.807, 2.05) is 23.9 Å². The van der Waals surface area contributed by atoms with Crippen molar-refractivity contribution in [1.29, 1.82) is 5.26 Å². The van der Waals surface area contributed by atoms with Gasteiger partial charge in [0, 0.05) is 18.3 Å². The largest absolute Gasteiger partial charge is 0.396 e.